The predicted molar refractivity (Wildman–Crippen MR) is 95.3 cm³/mol. The Hall–Kier alpha value is -2.36. The van der Waals surface area contributed by atoms with Crippen LogP contribution >= 0.6 is 0 Å². The zero-order chi connectivity index (χ0) is 17.6. The van der Waals surface area contributed by atoms with E-state index in [1.54, 1.807) is 4.90 Å². The van der Waals surface area contributed by atoms with Gasteiger partial charge < -0.3 is 9.64 Å². The molecule has 2 aliphatic rings. The van der Waals surface area contributed by atoms with E-state index in [1.165, 1.54) is 0 Å². The molecule has 132 valence electrons. The van der Waals surface area contributed by atoms with Crippen molar-refractivity contribution < 1.29 is 14.3 Å². The maximum atomic E-state index is 11.9. The number of piperidine rings is 1. The third-order valence-corrected chi connectivity index (χ3v) is 4.50. The number of carbonyl (C=O) groups is 2. The molecule has 6 heteroatoms. The number of imide groups is 1. The Morgan fingerprint density at radius 2 is 2.04 bits per heavy atom. The van der Waals surface area contributed by atoms with Crippen LogP contribution in [-0.2, 0) is 9.53 Å². The third kappa shape index (κ3) is 4.81. The Labute approximate surface area is 148 Å². The van der Waals surface area contributed by atoms with Gasteiger partial charge in [0.25, 0.3) is 0 Å². The van der Waals surface area contributed by atoms with Gasteiger partial charge in [0, 0.05) is 37.3 Å². The molecule has 0 unspecified atom stereocenters. The quantitative estimate of drug-likeness (QED) is 0.848. The molecule has 1 N–H and O–H groups in total. The van der Waals surface area contributed by atoms with Crippen LogP contribution in [-0.4, -0.2) is 56.2 Å². The number of anilines is 1. The summed E-state index contributed by atoms with van der Waals surface area (Å²) >= 11 is 0. The summed E-state index contributed by atoms with van der Waals surface area (Å²) in [6.45, 7) is 2.94. The fourth-order valence-corrected chi connectivity index (χ4v) is 3.01. The number of likely N-dealkylation sites (tertiary alicyclic amines) is 1. The minimum absolute atomic E-state index is 0.233. The van der Waals surface area contributed by atoms with Crippen LogP contribution in [0.15, 0.2) is 24.3 Å². The molecular formula is C19H23N3O3. The summed E-state index contributed by atoms with van der Waals surface area (Å²) in [5, 5.41) is 2.33. The number of nitrogens with one attached hydrogen (secondary N) is 1. The van der Waals surface area contributed by atoms with Crippen molar-refractivity contribution in [2.24, 2.45) is 0 Å². The summed E-state index contributed by atoms with van der Waals surface area (Å²) in [6.07, 6.45) is 2.71. The van der Waals surface area contributed by atoms with Gasteiger partial charge in [-0.3, -0.25) is 15.0 Å². The molecule has 0 spiro atoms. The summed E-state index contributed by atoms with van der Waals surface area (Å²) < 4.78 is 5.82. The van der Waals surface area contributed by atoms with Crippen molar-refractivity contribution in [1.82, 2.24) is 10.2 Å². The standard InChI is InChI=1S/C19H23N3O3/c1-21-10-7-17(8-11-21)25-13-3-5-15-4-2-6-16(14-15)22-12-9-18(23)20-19(22)24/h2,4,6,14,17H,7-13H2,1H3,(H,20,23,24). The Morgan fingerprint density at radius 1 is 1.24 bits per heavy atom. The molecule has 0 saturated carbocycles. The molecule has 2 heterocycles. The number of hydrogen-bond donors (Lipinski definition) is 1. The number of ether oxygens (including phenoxy) is 1. The smallest absolute Gasteiger partial charge is 0.328 e. The van der Waals surface area contributed by atoms with Gasteiger partial charge in [-0.2, -0.15) is 0 Å². The van der Waals surface area contributed by atoms with Crippen molar-refractivity contribution in [3.63, 3.8) is 0 Å². The number of carbonyl (C=O) groups excluding carboxylic acids is 2. The van der Waals surface area contributed by atoms with Crippen LogP contribution in [0, 0.1) is 11.8 Å². The number of benzene rings is 1. The predicted octanol–water partition coefficient (Wildman–Crippen LogP) is 1.60. The Morgan fingerprint density at radius 3 is 2.80 bits per heavy atom. The molecule has 6 nitrogen and oxygen atoms in total. The molecule has 0 aromatic heterocycles. The molecule has 0 bridgehead atoms. The van der Waals surface area contributed by atoms with Crippen molar-refractivity contribution in [2.45, 2.75) is 25.4 Å². The fourth-order valence-electron chi connectivity index (χ4n) is 3.01. The lowest BCUT2D eigenvalue weighted by Gasteiger charge is -2.28. The fraction of sp³-hybridized carbons (Fsp3) is 0.474. The van der Waals surface area contributed by atoms with Crippen molar-refractivity contribution >= 4 is 17.6 Å². The lowest BCUT2D eigenvalue weighted by atomic mass is 10.1. The van der Waals surface area contributed by atoms with Gasteiger partial charge in [-0.25, -0.2) is 4.79 Å². The van der Waals surface area contributed by atoms with E-state index in [2.05, 4.69) is 29.1 Å². The maximum absolute atomic E-state index is 11.9. The molecule has 3 amide bonds. The number of amides is 3. The first-order chi connectivity index (χ1) is 12.1. The topological polar surface area (TPSA) is 61.9 Å². The van der Waals surface area contributed by atoms with E-state index >= 15 is 0 Å². The minimum Gasteiger partial charge on any atom is -0.365 e. The molecule has 0 radical (unpaired) electrons. The van der Waals surface area contributed by atoms with Gasteiger partial charge in [0.1, 0.15) is 6.61 Å². The normalized spacial score (nSPS) is 19.3. The number of urea groups is 1. The molecule has 3 rings (SSSR count). The zero-order valence-electron chi connectivity index (χ0n) is 14.5. The molecule has 1 aromatic carbocycles. The second-order valence-electron chi connectivity index (χ2n) is 6.42. The molecule has 2 saturated heterocycles. The summed E-state index contributed by atoms with van der Waals surface area (Å²) in [4.78, 5) is 27.0. The Bertz CT molecular complexity index is 699. The van der Waals surface area contributed by atoms with Gasteiger partial charge in [-0.1, -0.05) is 17.9 Å². The number of rotatable bonds is 3. The highest BCUT2D eigenvalue weighted by atomic mass is 16.5. The summed E-state index contributed by atoms with van der Waals surface area (Å²) in [6, 6.07) is 7.08. The Balaban J connectivity index is 1.55. The number of nitrogens with zero attached hydrogens (tertiary/aromatic N) is 2. The van der Waals surface area contributed by atoms with Crippen LogP contribution in [0.4, 0.5) is 10.5 Å². The molecule has 2 fully saturated rings. The summed E-state index contributed by atoms with van der Waals surface area (Å²) in [7, 11) is 2.13. The molecule has 1 aromatic rings. The first-order valence-corrected chi connectivity index (χ1v) is 8.62. The van der Waals surface area contributed by atoms with E-state index in [4.69, 9.17) is 4.74 Å². The van der Waals surface area contributed by atoms with Crippen LogP contribution in [0.3, 0.4) is 0 Å². The van der Waals surface area contributed by atoms with Gasteiger partial charge in [0.15, 0.2) is 0 Å². The highest BCUT2D eigenvalue weighted by Crippen LogP contribution is 2.18. The van der Waals surface area contributed by atoms with Crippen LogP contribution in [0.2, 0.25) is 0 Å². The van der Waals surface area contributed by atoms with Crippen LogP contribution in [0.5, 0.6) is 0 Å². The van der Waals surface area contributed by atoms with Crippen molar-refractivity contribution in [1.29, 1.82) is 0 Å². The van der Waals surface area contributed by atoms with E-state index in [0.29, 0.717) is 25.7 Å². The second-order valence-corrected chi connectivity index (χ2v) is 6.42. The van der Waals surface area contributed by atoms with Gasteiger partial charge >= 0.3 is 6.03 Å². The highest BCUT2D eigenvalue weighted by molar-refractivity contribution is 6.05. The molecule has 2 aliphatic heterocycles. The molecular weight excluding hydrogens is 318 g/mol. The van der Waals surface area contributed by atoms with E-state index in [9.17, 15) is 9.59 Å². The van der Waals surface area contributed by atoms with E-state index in [1.807, 2.05) is 24.3 Å². The maximum Gasteiger partial charge on any atom is 0.328 e. The van der Waals surface area contributed by atoms with E-state index in [-0.39, 0.29) is 11.9 Å². The molecule has 0 atom stereocenters. The Kier molecular flexibility index (Phi) is 5.69. The summed E-state index contributed by atoms with van der Waals surface area (Å²) in [5.41, 5.74) is 1.57. The average Bonchev–Trinajstić information content (AvgIpc) is 2.60. The van der Waals surface area contributed by atoms with Crippen LogP contribution < -0.4 is 10.2 Å². The van der Waals surface area contributed by atoms with Crippen molar-refractivity contribution in [3.05, 3.63) is 29.8 Å². The molecule has 25 heavy (non-hydrogen) atoms. The monoisotopic (exact) mass is 341 g/mol. The average molecular weight is 341 g/mol. The van der Waals surface area contributed by atoms with E-state index < -0.39 is 0 Å². The lowest BCUT2D eigenvalue weighted by Crippen LogP contribution is -2.49. The number of hydrogen-bond acceptors (Lipinski definition) is 4. The first-order valence-electron chi connectivity index (χ1n) is 8.62. The van der Waals surface area contributed by atoms with Crippen molar-refractivity contribution in [2.75, 3.05) is 38.2 Å². The largest absolute Gasteiger partial charge is 0.365 e. The lowest BCUT2D eigenvalue weighted by molar-refractivity contribution is -0.120. The minimum atomic E-state index is -0.382. The zero-order valence-corrected chi connectivity index (χ0v) is 14.5. The highest BCUT2D eigenvalue weighted by Gasteiger charge is 2.24. The SMILES string of the molecule is CN1CCC(OCC#Cc2cccc(N3CCC(=O)NC3=O)c2)CC1. The van der Waals surface area contributed by atoms with Gasteiger partial charge in [-0.05, 0) is 38.1 Å². The molecule has 0 aliphatic carbocycles. The van der Waals surface area contributed by atoms with Gasteiger partial charge in [0.05, 0.1) is 6.10 Å². The second kappa shape index (κ2) is 8.15. The van der Waals surface area contributed by atoms with Gasteiger partial charge in [0.2, 0.25) is 5.91 Å². The third-order valence-electron chi connectivity index (χ3n) is 4.50. The first kappa shape index (κ1) is 17.5. The van der Waals surface area contributed by atoms with Crippen LogP contribution in [0.1, 0.15) is 24.8 Å². The van der Waals surface area contributed by atoms with Crippen molar-refractivity contribution in [3.8, 4) is 11.8 Å². The van der Waals surface area contributed by atoms with Gasteiger partial charge in [-0.15, -0.1) is 0 Å². The summed E-state index contributed by atoms with van der Waals surface area (Å²) in [5.74, 6) is 5.90. The van der Waals surface area contributed by atoms with E-state index in [0.717, 1.165) is 37.2 Å². The van der Waals surface area contributed by atoms with Crippen LogP contribution in [0.25, 0.3) is 0 Å².